The first-order valence-corrected chi connectivity index (χ1v) is 8.62. The SMILES string of the molecule is O=C(/C=C/c1ccccc1)N1CCC(C(=O)N2CC[C@@H](O)C2)CC1. The van der Waals surface area contributed by atoms with Crippen molar-refractivity contribution in [3.8, 4) is 0 Å². The van der Waals surface area contributed by atoms with Gasteiger partial charge >= 0.3 is 0 Å². The average molecular weight is 328 g/mol. The Morgan fingerprint density at radius 2 is 1.67 bits per heavy atom. The van der Waals surface area contributed by atoms with Crippen molar-refractivity contribution in [3.05, 3.63) is 42.0 Å². The fraction of sp³-hybridized carbons (Fsp3) is 0.474. The summed E-state index contributed by atoms with van der Waals surface area (Å²) in [6.07, 6.45) is 5.14. The van der Waals surface area contributed by atoms with E-state index in [1.54, 1.807) is 11.0 Å². The molecule has 2 saturated heterocycles. The topological polar surface area (TPSA) is 60.9 Å². The van der Waals surface area contributed by atoms with Crippen LogP contribution in [0, 0.1) is 5.92 Å². The van der Waals surface area contributed by atoms with E-state index in [2.05, 4.69) is 0 Å². The Morgan fingerprint density at radius 1 is 1.00 bits per heavy atom. The van der Waals surface area contributed by atoms with E-state index in [0.29, 0.717) is 45.4 Å². The van der Waals surface area contributed by atoms with E-state index in [4.69, 9.17) is 0 Å². The Morgan fingerprint density at radius 3 is 2.29 bits per heavy atom. The van der Waals surface area contributed by atoms with Gasteiger partial charge in [-0.15, -0.1) is 0 Å². The van der Waals surface area contributed by atoms with Crippen LogP contribution in [0.3, 0.4) is 0 Å². The molecule has 1 atom stereocenters. The van der Waals surface area contributed by atoms with Gasteiger partial charge in [0.05, 0.1) is 6.10 Å². The van der Waals surface area contributed by atoms with Crippen molar-refractivity contribution < 1.29 is 14.7 Å². The molecule has 0 unspecified atom stereocenters. The largest absolute Gasteiger partial charge is 0.391 e. The molecule has 3 rings (SSSR count). The third-order valence-electron chi connectivity index (χ3n) is 4.85. The second kappa shape index (κ2) is 7.62. The van der Waals surface area contributed by atoms with Crippen LogP contribution in [0.2, 0.25) is 0 Å². The summed E-state index contributed by atoms with van der Waals surface area (Å²) in [5, 5.41) is 9.56. The highest BCUT2D eigenvalue weighted by Gasteiger charge is 2.32. The highest BCUT2D eigenvalue weighted by atomic mass is 16.3. The van der Waals surface area contributed by atoms with Crippen LogP contribution in [0.4, 0.5) is 0 Å². The number of nitrogens with zero attached hydrogens (tertiary/aromatic N) is 2. The molecule has 5 heteroatoms. The van der Waals surface area contributed by atoms with E-state index < -0.39 is 0 Å². The lowest BCUT2D eigenvalue weighted by atomic mass is 9.95. The summed E-state index contributed by atoms with van der Waals surface area (Å²) in [4.78, 5) is 28.3. The summed E-state index contributed by atoms with van der Waals surface area (Å²) in [5.74, 6) is 0.122. The average Bonchev–Trinajstić information content (AvgIpc) is 3.06. The van der Waals surface area contributed by atoms with E-state index in [9.17, 15) is 14.7 Å². The van der Waals surface area contributed by atoms with Gasteiger partial charge in [-0.1, -0.05) is 30.3 Å². The molecule has 0 saturated carbocycles. The molecule has 2 aliphatic heterocycles. The molecule has 2 aliphatic rings. The molecular formula is C19H24N2O3. The van der Waals surface area contributed by atoms with Crippen LogP contribution < -0.4 is 0 Å². The summed E-state index contributed by atoms with van der Waals surface area (Å²) < 4.78 is 0. The highest BCUT2D eigenvalue weighted by molar-refractivity contribution is 5.92. The lowest BCUT2D eigenvalue weighted by Crippen LogP contribution is -2.43. The van der Waals surface area contributed by atoms with Gasteiger partial charge in [0, 0.05) is 38.2 Å². The van der Waals surface area contributed by atoms with E-state index in [-0.39, 0.29) is 23.8 Å². The number of carbonyl (C=O) groups is 2. The maximum atomic E-state index is 12.4. The maximum absolute atomic E-state index is 12.4. The predicted octanol–water partition coefficient (Wildman–Crippen LogP) is 1.53. The third-order valence-corrected chi connectivity index (χ3v) is 4.85. The molecule has 2 fully saturated rings. The van der Waals surface area contributed by atoms with Gasteiger partial charge in [0.1, 0.15) is 0 Å². The number of hydrogen-bond donors (Lipinski definition) is 1. The fourth-order valence-electron chi connectivity index (χ4n) is 3.38. The normalized spacial score (nSPS) is 22.3. The standard InChI is InChI=1S/C19H24N2O3/c22-17-10-13-21(14-17)19(24)16-8-11-20(12-9-16)18(23)7-6-15-4-2-1-3-5-15/h1-7,16-17,22H,8-14H2/b7-6+/t17-/m1/s1. The number of hydrogen-bond acceptors (Lipinski definition) is 3. The Bertz CT molecular complexity index is 606. The smallest absolute Gasteiger partial charge is 0.246 e. The van der Waals surface area contributed by atoms with E-state index in [1.807, 2.05) is 41.3 Å². The van der Waals surface area contributed by atoms with Gasteiger partial charge in [-0.05, 0) is 30.9 Å². The van der Waals surface area contributed by atoms with Crippen LogP contribution in [-0.2, 0) is 9.59 Å². The molecule has 1 aromatic carbocycles. The van der Waals surface area contributed by atoms with Crippen molar-refractivity contribution in [1.82, 2.24) is 9.80 Å². The second-order valence-electron chi connectivity index (χ2n) is 6.57. The summed E-state index contributed by atoms with van der Waals surface area (Å²) in [7, 11) is 0. The minimum absolute atomic E-state index is 0.00125. The molecule has 1 N–H and O–H groups in total. The molecule has 1 aromatic rings. The van der Waals surface area contributed by atoms with Gasteiger partial charge in [-0.25, -0.2) is 0 Å². The van der Waals surface area contributed by atoms with Crippen molar-refractivity contribution in [3.63, 3.8) is 0 Å². The van der Waals surface area contributed by atoms with Crippen molar-refractivity contribution in [2.45, 2.75) is 25.4 Å². The van der Waals surface area contributed by atoms with Crippen molar-refractivity contribution in [2.24, 2.45) is 5.92 Å². The van der Waals surface area contributed by atoms with E-state index in [0.717, 1.165) is 5.56 Å². The zero-order valence-electron chi connectivity index (χ0n) is 13.8. The number of benzene rings is 1. The zero-order chi connectivity index (χ0) is 16.9. The maximum Gasteiger partial charge on any atom is 0.246 e. The van der Waals surface area contributed by atoms with Crippen LogP contribution in [-0.4, -0.2) is 59.0 Å². The lowest BCUT2D eigenvalue weighted by Gasteiger charge is -2.32. The molecule has 2 heterocycles. The Balaban J connectivity index is 1.48. The van der Waals surface area contributed by atoms with Crippen molar-refractivity contribution in [1.29, 1.82) is 0 Å². The number of likely N-dealkylation sites (tertiary alicyclic amines) is 2. The molecule has 128 valence electrons. The summed E-state index contributed by atoms with van der Waals surface area (Å²) in [6, 6.07) is 9.74. The lowest BCUT2D eigenvalue weighted by molar-refractivity contribution is -0.138. The monoisotopic (exact) mass is 328 g/mol. The van der Waals surface area contributed by atoms with Gasteiger partial charge in [-0.2, -0.15) is 0 Å². The van der Waals surface area contributed by atoms with E-state index in [1.165, 1.54) is 0 Å². The number of amides is 2. The number of aliphatic hydroxyl groups is 1. The summed E-state index contributed by atoms with van der Waals surface area (Å²) in [5.41, 5.74) is 1.00. The Kier molecular flexibility index (Phi) is 5.30. The fourth-order valence-corrected chi connectivity index (χ4v) is 3.38. The molecule has 0 aromatic heterocycles. The number of β-amino-alcohol motifs (C(OH)–C–C–N with tert-alkyl or cyclic N) is 1. The molecular weight excluding hydrogens is 304 g/mol. The van der Waals surface area contributed by atoms with Gasteiger partial charge in [-0.3, -0.25) is 9.59 Å². The minimum Gasteiger partial charge on any atom is -0.391 e. The molecule has 2 amide bonds. The number of aliphatic hydroxyl groups excluding tert-OH is 1. The quantitative estimate of drug-likeness (QED) is 0.856. The molecule has 0 spiro atoms. The Hall–Kier alpha value is -2.14. The first-order chi connectivity index (χ1) is 11.6. The van der Waals surface area contributed by atoms with Gasteiger partial charge < -0.3 is 14.9 Å². The molecule has 0 bridgehead atoms. The van der Waals surface area contributed by atoms with Crippen LogP contribution >= 0.6 is 0 Å². The molecule has 0 aliphatic carbocycles. The predicted molar refractivity (Wildman–Crippen MR) is 92.0 cm³/mol. The van der Waals surface area contributed by atoms with E-state index >= 15 is 0 Å². The van der Waals surface area contributed by atoms with Crippen molar-refractivity contribution in [2.75, 3.05) is 26.2 Å². The molecule has 24 heavy (non-hydrogen) atoms. The number of carbonyl (C=O) groups excluding carboxylic acids is 2. The third kappa shape index (κ3) is 4.03. The number of piperidine rings is 1. The molecule has 5 nitrogen and oxygen atoms in total. The van der Waals surface area contributed by atoms with Gasteiger partial charge in [0.25, 0.3) is 0 Å². The van der Waals surface area contributed by atoms with Crippen LogP contribution in [0.1, 0.15) is 24.8 Å². The van der Waals surface area contributed by atoms with Gasteiger partial charge in [0.15, 0.2) is 0 Å². The van der Waals surface area contributed by atoms with Gasteiger partial charge in [0.2, 0.25) is 11.8 Å². The Labute approximate surface area is 142 Å². The van der Waals surface area contributed by atoms with Crippen LogP contribution in [0.25, 0.3) is 6.08 Å². The molecule has 0 radical (unpaired) electrons. The first-order valence-electron chi connectivity index (χ1n) is 8.62. The van der Waals surface area contributed by atoms with Crippen molar-refractivity contribution >= 4 is 17.9 Å². The second-order valence-corrected chi connectivity index (χ2v) is 6.57. The van der Waals surface area contributed by atoms with Crippen LogP contribution in [0.15, 0.2) is 36.4 Å². The highest BCUT2D eigenvalue weighted by Crippen LogP contribution is 2.22. The first kappa shape index (κ1) is 16.7. The van der Waals surface area contributed by atoms with Crippen LogP contribution in [0.5, 0.6) is 0 Å². The zero-order valence-corrected chi connectivity index (χ0v) is 13.8. The number of rotatable bonds is 3. The summed E-state index contributed by atoms with van der Waals surface area (Å²) in [6.45, 7) is 2.34. The minimum atomic E-state index is -0.376. The summed E-state index contributed by atoms with van der Waals surface area (Å²) >= 11 is 0.